The Labute approximate surface area is 160 Å². The van der Waals surface area contributed by atoms with Crippen molar-refractivity contribution in [3.05, 3.63) is 40.3 Å². The van der Waals surface area contributed by atoms with Crippen LogP contribution in [0.2, 0.25) is 0 Å². The lowest BCUT2D eigenvalue weighted by Crippen LogP contribution is -2.22. The van der Waals surface area contributed by atoms with Crippen molar-refractivity contribution in [2.75, 3.05) is 38.5 Å². The lowest BCUT2D eigenvalue weighted by atomic mass is 10.1. The zero-order valence-corrected chi connectivity index (χ0v) is 16.2. The molecular weight excluding hydrogens is 372 g/mol. The van der Waals surface area contributed by atoms with Gasteiger partial charge in [-0.25, -0.2) is 9.59 Å². The fraction of sp³-hybridized carbons (Fsp3) is 0.278. The molecule has 0 unspecified atom stereocenters. The number of rotatable bonds is 7. The van der Waals surface area contributed by atoms with Crippen molar-refractivity contribution in [1.82, 2.24) is 0 Å². The van der Waals surface area contributed by atoms with Crippen LogP contribution in [0.3, 0.4) is 0 Å². The summed E-state index contributed by atoms with van der Waals surface area (Å²) in [5, 5.41) is 5.83. The third-order valence-electron chi connectivity index (χ3n) is 3.71. The Morgan fingerprint density at radius 2 is 1.70 bits per heavy atom. The summed E-state index contributed by atoms with van der Waals surface area (Å²) in [6, 6.07) is 7.16. The molecule has 1 aromatic carbocycles. The van der Waals surface area contributed by atoms with Gasteiger partial charge in [-0.15, -0.1) is 11.3 Å². The normalized spacial score (nSPS) is 10.1. The Morgan fingerprint density at radius 1 is 1.04 bits per heavy atom. The highest BCUT2D eigenvalue weighted by molar-refractivity contribution is 7.18. The number of thiophene rings is 1. The van der Waals surface area contributed by atoms with Crippen LogP contribution in [0.5, 0.6) is 5.75 Å². The predicted octanol–water partition coefficient (Wildman–Crippen LogP) is 2.69. The first kappa shape index (κ1) is 20.2. The van der Waals surface area contributed by atoms with Gasteiger partial charge in [-0.05, 0) is 24.6 Å². The zero-order chi connectivity index (χ0) is 20.0. The Bertz CT molecular complexity index is 862. The molecule has 9 heteroatoms. The molecular formula is C18H20N2O6S. The van der Waals surface area contributed by atoms with Crippen molar-refractivity contribution in [2.45, 2.75) is 6.92 Å². The monoisotopic (exact) mass is 392 g/mol. The number of hydrogen-bond acceptors (Lipinski definition) is 8. The van der Waals surface area contributed by atoms with Crippen LogP contribution in [0, 0.1) is 6.92 Å². The van der Waals surface area contributed by atoms with Crippen LogP contribution in [0.4, 0.5) is 10.7 Å². The van der Waals surface area contributed by atoms with Crippen LogP contribution >= 0.6 is 11.3 Å². The summed E-state index contributed by atoms with van der Waals surface area (Å²) in [7, 11) is 4.01. The predicted molar refractivity (Wildman–Crippen MR) is 102 cm³/mol. The van der Waals surface area contributed by atoms with Gasteiger partial charge in [0.15, 0.2) is 0 Å². The minimum Gasteiger partial charge on any atom is -0.495 e. The van der Waals surface area contributed by atoms with Gasteiger partial charge in [0, 0.05) is 0 Å². The first-order valence-corrected chi connectivity index (χ1v) is 8.71. The fourth-order valence-corrected chi connectivity index (χ4v) is 3.50. The van der Waals surface area contributed by atoms with E-state index in [1.165, 1.54) is 21.3 Å². The lowest BCUT2D eigenvalue weighted by molar-refractivity contribution is -0.114. The van der Waals surface area contributed by atoms with Gasteiger partial charge in [0.25, 0.3) is 0 Å². The smallest absolute Gasteiger partial charge is 0.348 e. The molecule has 0 spiro atoms. The largest absolute Gasteiger partial charge is 0.495 e. The number of para-hydroxylation sites is 2. The molecule has 2 aromatic rings. The Morgan fingerprint density at radius 3 is 2.33 bits per heavy atom. The lowest BCUT2D eigenvalue weighted by Gasteiger charge is -2.11. The molecule has 0 radical (unpaired) electrons. The van der Waals surface area contributed by atoms with E-state index in [4.69, 9.17) is 14.2 Å². The molecule has 0 saturated heterocycles. The molecule has 144 valence electrons. The molecule has 2 N–H and O–H groups in total. The third kappa shape index (κ3) is 4.56. The van der Waals surface area contributed by atoms with E-state index in [1.54, 1.807) is 19.1 Å². The summed E-state index contributed by atoms with van der Waals surface area (Å²) in [5.41, 5.74) is 1.18. The van der Waals surface area contributed by atoms with E-state index in [-0.39, 0.29) is 22.0 Å². The highest BCUT2D eigenvalue weighted by atomic mass is 32.1. The van der Waals surface area contributed by atoms with E-state index in [2.05, 4.69) is 10.6 Å². The van der Waals surface area contributed by atoms with Gasteiger partial charge in [-0.1, -0.05) is 12.1 Å². The van der Waals surface area contributed by atoms with Crippen LogP contribution in [-0.2, 0) is 14.3 Å². The van der Waals surface area contributed by atoms with Crippen LogP contribution < -0.4 is 15.4 Å². The molecule has 2 rings (SSSR count). The molecule has 8 nitrogen and oxygen atoms in total. The fourth-order valence-electron chi connectivity index (χ4n) is 2.37. The maximum Gasteiger partial charge on any atom is 0.348 e. The SMILES string of the molecule is COC(=O)c1sc(NC(=O)CNc2ccccc2OC)c(C(=O)OC)c1C. The maximum absolute atomic E-state index is 12.3. The average molecular weight is 392 g/mol. The minimum atomic E-state index is -0.646. The number of amides is 1. The summed E-state index contributed by atoms with van der Waals surface area (Å²) in [6.07, 6.45) is 0. The molecule has 0 atom stereocenters. The standard InChI is InChI=1S/C18H20N2O6S/c1-10-14(17(22)25-3)16(27-15(10)18(23)26-4)20-13(21)9-19-11-7-5-6-8-12(11)24-2/h5-8,19H,9H2,1-4H3,(H,20,21). The molecule has 1 heterocycles. The molecule has 0 aliphatic rings. The first-order valence-electron chi connectivity index (χ1n) is 7.89. The number of ether oxygens (including phenoxy) is 3. The number of carbonyl (C=O) groups excluding carboxylic acids is 3. The van der Waals surface area contributed by atoms with Gasteiger partial charge in [-0.3, -0.25) is 4.79 Å². The third-order valence-corrected chi connectivity index (χ3v) is 4.89. The van der Waals surface area contributed by atoms with Crippen molar-refractivity contribution in [1.29, 1.82) is 0 Å². The van der Waals surface area contributed by atoms with E-state index >= 15 is 0 Å². The maximum atomic E-state index is 12.3. The average Bonchev–Trinajstić information content (AvgIpc) is 3.01. The van der Waals surface area contributed by atoms with Crippen molar-refractivity contribution in [2.24, 2.45) is 0 Å². The van der Waals surface area contributed by atoms with Crippen LogP contribution in [0.15, 0.2) is 24.3 Å². The topological polar surface area (TPSA) is 103 Å². The summed E-state index contributed by atoms with van der Waals surface area (Å²) >= 11 is 0.960. The quantitative estimate of drug-likeness (QED) is 0.698. The van der Waals surface area contributed by atoms with Gasteiger partial charge >= 0.3 is 11.9 Å². The molecule has 0 aliphatic heterocycles. The molecule has 0 fully saturated rings. The first-order chi connectivity index (χ1) is 12.9. The summed E-state index contributed by atoms with van der Waals surface area (Å²) in [6.45, 7) is 1.53. The number of nitrogens with one attached hydrogen (secondary N) is 2. The van der Waals surface area contributed by atoms with Gasteiger partial charge in [0.05, 0.1) is 39.1 Å². The molecule has 1 amide bonds. The number of esters is 2. The van der Waals surface area contributed by atoms with E-state index in [9.17, 15) is 14.4 Å². The van der Waals surface area contributed by atoms with E-state index in [0.29, 0.717) is 17.0 Å². The van der Waals surface area contributed by atoms with Crippen molar-refractivity contribution < 1.29 is 28.6 Å². The van der Waals surface area contributed by atoms with Crippen LogP contribution in [0.25, 0.3) is 0 Å². The number of benzene rings is 1. The van der Waals surface area contributed by atoms with E-state index < -0.39 is 17.8 Å². The second-order valence-electron chi connectivity index (χ2n) is 5.35. The number of methoxy groups -OCH3 is 3. The van der Waals surface area contributed by atoms with Gasteiger partial charge in [0.1, 0.15) is 15.6 Å². The van der Waals surface area contributed by atoms with Gasteiger partial charge in [-0.2, -0.15) is 0 Å². The Hall–Kier alpha value is -3.07. The second kappa shape index (κ2) is 9.04. The van der Waals surface area contributed by atoms with Crippen molar-refractivity contribution in [3.63, 3.8) is 0 Å². The number of carbonyl (C=O) groups is 3. The summed E-state index contributed by atoms with van der Waals surface area (Å²) < 4.78 is 14.7. The molecule has 0 bridgehead atoms. The Kier molecular flexibility index (Phi) is 6.78. The van der Waals surface area contributed by atoms with E-state index in [1.807, 2.05) is 12.1 Å². The summed E-state index contributed by atoms with van der Waals surface area (Å²) in [4.78, 5) is 36.5. The minimum absolute atomic E-state index is 0.0640. The summed E-state index contributed by atoms with van der Waals surface area (Å²) in [5.74, 6) is -1.04. The Balaban J connectivity index is 2.19. The zero-order valence-electron chi connectivity index (χ0n) is 15.4. The van der Waals surface area contributed by atoms with Crippen molar-refractivity contribution in [3.8, 4) is 5.75 Å². The molecule has 27 heavy (non-hydrogen) atoms. The molecule has 1 aromatic heterocycles. The molecule has 0 saturated carbocycles. The van der Waals surface area contributed by atoms with E-state index in [0.717, 1.165) is 11.3 Å². The van der Waals surface area contributed by atoms with Crippen LogP contribution in [0.1, 0.15) is 25.6 Å². The highest BCUT2D eigenvalue weighted by Gasteiger charge is 2.26. The van der Waals surface area contributed by atoms with Crippen LogP contribution in [-0.4, -0.2) is 45.7 Å². The number of hydrogen-bond donors (Lipinski definition) is 2. The highest BCUT2D eigenvalue weighted by Crippen LogP contribution is 2.34. The second-order valence-corrected chi connectivity index (χ2v) is 6.37. The van der Waals surface area contributed by atoms with Gasteiger partial charge in [0.2, 0.25) is 5.91 Å². The van der Waals surface area contributed by atoms with Gasteiger partial charge < -0.3 is 24.8 Å². The van der Waals surface area contributed by atoms with Crippen molar-refractivity contribution >= 4 is 39.9 Å². The number of anilines is 2. The molecule has 0 aliphatic carbocycles.